The van der Waals surface area contributed by atoms with Crippen molar-refractivity contribution >= 4 is 11.7 Å². The molecular formula is C36H35N3O3. The summed E-state index contributed by atoms with van der Waals surface area (Å²) in [6, 6.07) is 22.6. The van der Waals surface area contributed by atoms with Gasteiger partial charge in [-0.15, -0.1) is 0 Å². The molecule has 3 fully saturated rings. The molecule has 0 radical (unpaired) electrons. The van der Waals surface area contributed by atoms with Gasteiger partial charge in [0.1, 0.15) is 5.75 Å². The van der Waals surface area contributed by atoms with E-state index in [1.165, 1.54) is 30.5 Å². The first-order valence-corrected chi connectivity index (χ1v) is 15.5. The number of nitriles is 1. The molecule has 2 aliphatic heterocycles. The van der Waals surface area contributed by atoms with Crippen LogP contribution in [0.1, 0.15) is 64.7 Å². The average molecular weight is 558 g/mol. The van der Waals surface area contributed by atoms with Gasteiger partial charge in [-0.1, -0.05) is 42.5 Å². The molecular weight excluding hydrogens is 522 g/mol. The molecule has 1 amide bonds. The summed E-state index contributed by atoms with van der Waals surface area (Å²) in [5.41, 5.74) is 6.71. The van der Waals surface area contributed by atoms with Crippen LogP contribution in [0.2, 0.25) is 0 Å². The van der Waals surface area contributed by atoms with Crippen molar-refractivity contribution in [3.8, 4) is 22.9 Å². The van der Waals surface area contributed by atoms with Crippen LogP contribution < -0.4 is 10.1 Å². The Hall–Kier alpha value is -3.95. The molecule has 1 saturated heterocycles. The summed E-state index contributed by atoms with van der Waals surface area (Å²) in [7, 11) is 0. The van der Waals surface area contributed by atoms with Crippen LogP contribution in [0.5, 0.6) is 5.75 Å². The maximum absolute atomic E-state index is 13.5. The second kappa shape index (κ2) is 9.81. The van der Waals surface area contributed by atoms with Crippen LogP contribution in [0.15, 0.2) is 60.7 Å². The summed E-state index contributed by atoms with van der Waals surface area (Å²) in [4.78, 5) is 29.5. The van der Waals surface area contributed by atoms with Gasteiger partial charge < -0.3 is 10.1 Å². The van der Waals surface area contributed by atoms with Gasteiger partial charge in [-0.2, -0.15) is 5.26 Å². The summed E-state index contributed by atoms with van der Waals surface area (Å²) in [6.45, 7) is 2.72. The fraction of sp³-hybridized carbons (Fsp3) is 0.417. The number of ketones is 1. The van der Waals surface area contributed by atoms with Crippen molar-refractivity contribution in [1.29, 1.82) is 5.26 Å². The van der Waals surface area contributed by atoms with Crippen LogP contribution in [0.25, 0.3) is 11.1 Å². The molecule has 2 saturated carbocycles. The lowest BCUT2D eigenvalue weighted by Crippen LogP contribution is -2.66. The van der Waals surface area contributed by atoms with E-state index in [1.807, 2.05) is 30.3 Å². The maximum Gasteiger partial charge on any atom is 0.255 e. The molecule has 42 heavy (non-hydrogen) atoms. The van der Waals surface area contributed by atoms with Gasteiger partial charge >= 0.3 is 0 Å². The molecule has 6 heteroatoms. The SMILES string of the molecule is N#Cc1ccc(-c2ccc(CCNC(=O)c3ccc4c5c3OC3C(=O)CC[C@H]6[C@@H](C4)N(CC4CC4)CC[C@]536)cc2)cc1. The molecule has 3 aliphatic carbocycles. The van der Waals surface area contributed by atoms with E-state index in [4.69, 9.17) is 10.00 Å². The van der Waals surface area contributed by atoms with Crippen LogP contribution >= 0.6 is 0 Å². The summed E-state index contributed by atoms with van der Waals surface area (Å²) in [6.07, 6.45) is 6.43. The zero-order chi connectivity index (χ0) is 28.4. The van der Waals surface area contributed by atoms with Gasteiger partial charge in [-0.3, -0.25) is 14.5 Å². The number of carbonyl (C=O) groups is 2. The molecule has 4 atom stereocenters. The fourth-order valence-electron chi connectivity index (χ4n) is 8.48. The van der Waals surface area contributed by atoms with Crippen molar-refractivity contribution in [3.05, 3.63) is 88.5 Å². The van der Waals surface area contributed by atoms with Crippen molar-refractivity contribution in [2.24, 2.45) is 11.8 Å². The molecule has 5 aliphatic rings. The van der Waals surface area contributed by atoms with E-state index < -0.39 is 6.10 Å². The molecule has 8 rings (SSSR count). The van der Waals surface area contributed by atoms with Crippen molar-refractivity contribution < 1.29 is 14.3 Å². The molecule has 2 heterocycles. The first kappa shape index (κ1) is 25.7. The predicted octanol–water partition coefficient (Wildman–Crippen LogP) is 5.22. The molecule has 212 valence electrons. The van der Waals surface area contributed by atoms with Crippen molar-refractivity contribution in [2.45, 2.75) is 62.5 Å². The van der Waals surface area contributed by atoms with Gasteiger partial charge in [0.15, 0.2) is 11.9 Å². The highest BCUT2D eigenvalue weighted by molar-refractivity contribution is 5.99. The number of amides is 1. The van der Waals surface area contributed by atoms with Gasteiger partial charge in [-0.25, -0.2) is 0 Å². The lowest BCUT2D eigenvalue weighted by atomic mass is 9.51. The largest absolute Gasteiger partial charge is 0.481 e. The molecule has 6 nitrogen and oxygen atoms in total. The number of hydrogen-bond acceptors (Lipinski definition) is 5. The third-order valence-corrected chi connectivity index (χ3v) is 10.7. The van der Waals surface area contributed by atoms with Crippen LogP contribution in [0, 0.1) is 23.2 Å². The molecule has 1 spiro atoms. The Bertz CT molecular complexity index is 1620. The number of hydrogen-bond donors (Lipinski definition) is 1. The number of benzene rings is 3. The monoisotopic (exact) mass is 557 g/mol. The second-order valence-corrected chi connectivity index (χ2v) is 13.0. The zero-order valence-corrected chi connectivity index (χ0v) is 23.8. The number of likely N-dealkylation sites (tertiary alicyclic amines) is 1. The number of ether oxygens (including phenoxy) is 1. The number of Topliss-reactive ketones (excluding diaryl/α,β-unsaturated/α-hetero) is 1. The van der Waals surface area contributed by atoms with E-state index in [-0.39, 0.29) is 17.1 Å². The normalized spacial score (nSPS) is 27.1. The van der Waals surface area contributed by atoms with Crippen LogP contribution in [0.4, 0.5) is 0 Å². The third-order valence-electron chi connectivity index (χ3n) is 10.7. The minimum Gasteiger partial charge on any atom is -0.481 e. The van der Waals surface area contributed by atoms with Crippen molar-refractivity contribution in [3.63, 3.8) is 0 Å². The molecule has 1 N–H and O–H groups in total. The van der Waals surface area contributed by atoms with E-state index in [1.54, 1.807) is 0 Å². The van der Waals surface area contributed by atoms with Gasteiger partial charge in [0.25, 0.3) is 5.91 Å². The van der Waals surface area contributed by atoms with Crippen LogP contribution in [-0.2, 0) is 23.1 Å². The van der Waals surface area contributed by atoms with E-state index in [0.717, 1.165) is 48.4 Å². The summed E-state index contributed by atoms with van der Waals surface area (Å²) in [5.74, 6) is 2.03. The van der Waals surface area contributed by atoms with Crippen LogP contribution in [-0.4, -0.2) is 48.4 Å². The molecule has 3 aromatic rings. The van der Waals surface area contributed by atoms with Gasteiger partial charge in [0, 0.05) is 36.5 Å². The van der Waals surface area contributed by atoms with Gasteiger partial charge in [0.2, 0.25) is 0 Å². The van der Waals surface area contributed by atoms with Crippen LogP contribution in [0.3, 0.4) is 0 Å². The van der Waals surface area contributed by atoms with E-state index in [0.29, 0.717) is 48.2 Å². The number of nitrogens with one attached hydrogen (secondary N) is 1. The Balaban J connectivity index is 0.996. The zero-order valence-electron chi connectivity index (χ0n) is 23.8. The standard InChI is InChI=1S/C36H35N3O3/c37-20-23-5-9-26(10-6-23)25-7-3-22(4-8-25)15-17-38-35(41)28-12-11-27-19-30-29-13-14-31(40)34-36(29,32(27)33(28)42-34)16-18-39(30)21-24-1-2-24/h3-12,24,29-30,34H,1-2,13-19,21H2,(H,38,41)/t29-,30+,34?,36-/m0/s1. The third kappa shape index (κ3) is 4.01. The molecule has 2 bridgehead atoms. The predicted molar refractivity (Wildman–Crippen MR) is 159 cm³/mol. The lowest BCUT2D eigenvalue weighted by molar-refractivity contribution is -0.138. The first-order valence-electron chi connectivity index (χ1n) is 15.5. The smallest absolute Gasteiger partial charge is 0.255 e. The number of carbonyl (C=O) groups excluding carboxylic acids is 2. The minimum absolute atomic E-state index is 0.130. The summed E-state index contributed by atoms with van der Waals surface area (Å²) < 4.78 is 6.56. The number of nitrogens with zero attached hydrogens (tertiary/aromatic N) is 2. The molecule has 1 unspecified atom stereocenters. The Morgan fingerprint density at radius 2 is 1.79 bits per heavy atom. The van der Waals surface area contributed by atoms with E-state index in [9.17, 15) is 9.59 Å². The van der Waals surface area contributed by atoms with Gasteiger partial charge in [0.05, 0.1) is 17.2 Å². The Labute approximate surface area is 246 Å². The van der Waals surface area contributed by atoms with E-state index in [2.05, 4.69) is 46.6 Å². The Kier molecular flexibility index (Phi) is 6.01. The van der Waals surface area contributed by atoms with Gasteiger partial charge in [-0.05, 0) is 97.4 Å². The maximum atomic E-state index is 13.5. The lowest BCUT2D eigenvalue weighted by Gasteiger charge is -2.57. The first-order chi connectivity index (χ1) is 20.5. The fourth-order valence-corrected chi connectivity index (χ4v) is 8.48. The molecule has 3 aromatic carbocycles. The minimum atomic E-state index is -0.445. The highest BCUT2D eigenvalue weighted by Gasteiger charge is 2.66. The van der Waals surface area contributed by atoms with Crippen molar-refractivity contribution in [2.75, 3.05) is 19.6 Å². The quantitative estimate of drug-likeness (QED) is 0.431. The number of rotatable bonds is 7. The topological polar surface area (TPSA) is 82.4 Å². The van der Waals surface area contributed by atoms with Crippen molar-refractivity contribution in [1.82, 2.24) is 10.2 Å². The molecule has 0 aromatic heterocycles. The van der Waals surface area contributed by atoms with E-state index >= 15 is 0 Å². The summed E-state index contributed by atoms with van der Waals surface area (Å²) in [5, 5.41) is 12.2. The highest BCUT2D eigenvalue weighted by Crippen LogP contribution is 2.62. The Morgan fingerprint density at radius 1 is 1.02 bits per heavy atom. The number of piperidine rings is 1. The Morgan fingerprint density at radius 3 is 2.52 bits per heavy atom. The average Bonchev–Trinajstić information content (AvgIpc) is 3.77. The summed E-state index contributed by atoms with van der Waals surface area (Å²) >= 11 is 0. The highest BCUT2D eigenvalue weighted by atomic mass is 16.5. The second-order valence-electron chi connectivity index (χ2n) is 13.0.